The molecule has 0 spiro atoms. The first kappa shape index (κ1) is 13.6. The largest absolute Gasteiger partial charge is 0.480 e. The van der Waals surface area contributed by atoms with E-state index >= 15 is 0 Å². The lowest BCUT2D eigenvalue weighted by molar-refractivity contribution is -0.138. The third-order valence-electron chi connectivity index (χ3n) is 2.76. The van der Waals surface area contributed by atoms with E-state index in [9.17, 15) is 4.79 Å². The van der Waals surface area contributed by atoms with Crippen molar-refractivity contribution in [1.29, 1.82) is 0 Å². The molecule has 0 saturated heterocycles. The van der Waals surface area contributed by atoms with Gasteiger partial charge in [-0.25, -0.2) is 4.79 Å². The topological polar surface area (TPSA) is 62.0 Å². The van der Waals surface area contributed by atoms with Crippen LogP contribution in [-0.4, -0.2) is 23.7 Å². The van der Waals surface area contributed by atoms with Gasteiger partial charge in [0.05, 0.1) is 6.54 Å². The predicted molar refractivity (Wildman–Crippen MR) is 67.1 cm³/mol. The normalized spacial score (nSPS) is 22.9. The van der Waals surface area contributed by atoms with Crippen molar-refractivity contribution in [2.45, 2.75) is 39.2 Å². The Morgan fingerprint density at radius 3 is 2.94 bits per heavy atom. The monoisotopic (exact) mass is 236 g/mol. The molecule has 0 aromatic rings. The highest BCUT2D eigenvalue weighted by Gasteiger charge is 2.08. The second-order valence-electron chi connectivity index (χ2n) is 4.49. The van der Waals surface area contributed by atoms with E-state index in [0.29, 0.717) is 12.5 Å². The van der Waals surface area contributed by atoms with Gasteiger partial charge in [0.2, 0.25) is 0 Å². The molecule has 1 aliphatic rings. The fraction of sp³-hybridized carbons (Fsp3) is 0.615. The molecular weight excluding hydrogens is 216 g/mol. The zero-order valence-electron chi connectivity index (χ0n) is 10.5. The van der Waals surface area contributed by atoms with Crippen molar-refractivity contribution in [1.82, 2.24) is 0 Å². The van der Waals surface area contributed by atoms with E-state index in [1.54, 1.807) is 0 Å². The predicted octanol–water partition coefficient (Wildman–Crippen LogP) is 3.21. The maximum atomic E-state index is 10.5. The average molecular weight is 236 g/mol. The van der Waals surface area contributed by atoms with Crippen LogP contribution >= 0.6 is 0 Å². The fourth-order valence-corrected chi connectivity index (χ4v) is 1.75. The van der Waals surface area contributed by atoms with Gasteiger partial charge in [-0.05, 0) is 39.0 Å². The zero-order chi connectivity index (χ0) is 12.7. The molecule has 94 valence electrons. The summed E-state index contributed by atoms with van der Waals surface area (Å²) in [6.07, 6.45) is 10.1. The summed E-state index contributed by atoms with van der Waals surface area (Å²) >= 11 is 0. The highest BCUT2D eigenvalue weighted by Crippen LogP contribution is 2.20. The number of azo groups is 1. The van der Waals surface area contributed by atoms with Crippen LogP contribution in [0.1, 0.15) is 33.1 Å². The van der Waals surface area contributed by atoms with Gasteiger partial charge in [0, 0.05) is 0 Å². The third-order valence-corrected chi connectivity index (χ3v) is 2.76. The SMILES string of the molecule is CC(=CC1CC=CCC1)CN=NC(C)C(=O)O. The quantitative estimate of drug-likeness (QED) is 0.588. The Bertz CT molecular complexity index is 345. The van der Waals surface area contributed by atoms with Crippen molar-refractivity contribution in [3.05, 3.63) is 23.8 Å². The Kier molecular flexibility index (Phi) is 5.60. The third kappa shape index (κ3) is 5.43. The first-order chi connectivity index (χ1) is 8.09. The van der Waals surface area contributed by atoms with E-state index in [0.717, 1.165) is 18.4 Å². The van der Waals surface area contributed by atoms with Crippen molar-refractivity contribution in [2.75, 3.05) is 6.54 Å². The van der Waals surface area contributed by atoms with Crippen molar-refractivity contribution in [3.8, 4) is 0 Å². The van der Waals surface area contributed by atoms with Crippen LogP contribution in [0.5, 0.6) is 0 Å². The highest BCUT2D eigenvalue weighted by atomic mass is 16.4. The van der Waals surface area contributed by atoms with E-state index in [2.05, 4.69) is 28.5 Å². The minimum absolute atomic E-state index is 0.498. The Morgan fingerprint density at radius 1 is 1.59 bits per heavy atom. The Morgan fingerprint density at radius 2 is 2.35 bits per heavy atom. The number of hydrogen-bond acceptors (Lipinski definition) is 3. The van der Waals surface area contributed by atoms with Gasteiger partial charge in [0.1, 0.15) is 0 Å². The van der Waals surface area contributed by atoms with Crippen LogP contribution < -0.4 is 0 Å². The minimum Gasteiger partial charge on any atom is -0.480 e. The van der Waals surface area contributed by atoms with Crippen LogP contribution in [0.2, 0.25) is 0 Å². The molecule has 0 amide bonds. The van der Waals surface area contributed by atoms with Gasteiger partial charge >= 0.3 is 5.97 Å². The van der Waals surface area contributed by atoms with Gasteiger partial charge < -0.3 is 5.11 Å². The fourth-order valence-electron chi connectivity index (χ4n) is 1.75. The molecule has 0 aliphatic heterocycles. The summed E-state index contributed by atoms with van der Waals surface area (Å²) in [5, 5.41) is 16.3. The summed E-state index contributed by atoms with van der Waals surface area (Å²) in [4.78, 5) is 10.5. The summed E-state index contributed by atoms with van der Waals surface area (Å²) in [5.41, 5.74) is 1.16. The van der Waals surface area contributed by atoms with E-state index in [4.69, 9.17) is 5.11 Å². The first-order valence-corrected chi connectivity index (χ1v) is 6.01. The van der Waals surface area contributed by atoms with Crippen LogP contribution in [0.4, 0.5) is 0 Å². The molecule has 0 aromatic heterocycles. The summed E-state index contributed by atoms with van der Waals surface area (Å²) in [5.74, 6) is -0.333. The lowest BCUT2D eigenvalue weighted by Crippen LogP contribution is -2.12. The molecule has 4 heteroatoms. The molecule has 2 atom stereocenters. The number of carbonyl (C=O) groups is 1. The highest BCUT2D eigenvalue weighted by molar-refractivity contribution is 5.72. The molecule has 0 bridgehead atoms. The van der Waals surface area contributed by atoms with Crippen LogP contribution in [0.3, 0.4) is 0 Å². The smallest absolute Gasteiger partial charge is 0.330 e. The molecular formula is C13H20N2O2. The Balaban J connectivity index is 2.38. The van der Waals surface area contributed by atoms with Crippen molar-refractivity contribution in [3.63, 3.8) is 0 Å². The van der Waals surface area contributed by atoms with E-state index in [-0.39, 0.29) is 0 Å². The molecule has 1 N–H and O–H groups in total. The number of carboxylic acid groups (broad SMARTS) is 1. The van der Waals surface area contributed by atoms with Gasteiger partial charge in [-0.2, -0.15) is 10.2 Å². The molecule has 0 aromatic carbocycles. The molecule has 1 aliphatic carbocycles. The maximum Gasteiger partial charge on any atom is 0.330 e. The second-order valence-corrected chi connectivity index (χ2v) is 4.49. The van der Waals surface area contributed by atoms with Crippen molar-refractivity contribution >= 4 is 5.97 Å². The number of rotatable bonds is 5. The van der Waals surface area contributed by atoms with Crippen LogP contribution in [-0.2, 0) is 4.79 Å². The first-order valence-electron chi connectivity index (χ1n) is 6.01. The second kappa shape index (κ2) is 6.99. The van der Waals surface area contributed by atoms with Gasteiger partial charge in [0.25, 0.3) is 0 Å². The molecule has 17 heavy (non-hydrogen) atoms. The molecule has 0 saturated carbocycles. The van der Waals surface area contributed by atoms with E-state index < -0.39 is 12.0 Å². The number of nitrogens with zero attached hydrogens (tertiary/aromatic N) is 2. The molecule has 0 heterocycles. The average Bonchev–Trinajstić information content (AvgIpc) is 2.30. The van der Waals surface area contributed by atoms with Crippen LogP contribution in [0.25, 0.3) is 0 Å². The molecule has 0 radical (unpaired) electrons. The van der Waals surface area contributed by atoms with Crippen molar-refractivity contribution in [2.24, 2.45) is 16.1 Å². The molecule has 2 unspecified atom stereocenters. The van der Waals surface area contributed by atoms with E-state index in [1.807, 2.05) is 6.92 Å². The van der Waals surface area contributed by atoms with Crippen LogP contribution in [0, 0.1) is 5.92 Å². The number of carboxylic acids is 1. The Hall–Kier alpha value is -1.45. The Labute approximate surface area is 102 Å². The van der Waals surface area contributed by atoms with Gasteiger partial charge in [-0.3, -0.25) is 0 Å². The summed E-state index contributed by atoms with van der Waals surface area (Å²) in [6, 6.07) is -0.750. The molecule has 1 rings (SSSR count). The van der Waals surface area contributed by atoms with Crippen LogP contribution in [0.15, 0.2) is 34.0 Å². The maximum absolute atomic E-state index is 10.5. The molecule has 4 nitrogen and oxygen atoms in total. The lowest BCUT2D eigenvalue weighted by atomic mass is 9.93. The number of allylic oxidation sites excluding steroid dienone is 3. The van der Waals surface area contributed by atoms with Crippen molar-refractivity contribution < 1.29 is 9.90 Å². The summed E-state index contributed by atoms with van der Waals surface area (Å²) < 4.78 is 0. The minimum atomic E-state index is -0.937. The number of aliphatic carboxylic acids is 1. The standard InChI is InChI=1S/C13H20N2O2/c1-10(8-12-6-4-3-5-7-12)9-14-15-11(2)13(16)17/h3-4,8,11-12H,5-7,9H2,1-2H3,(H,16,17). The van der Waals surface area contributed by atoms with Gasteiger partial charge in [-0.1, -0.05) is 23.8 Å². The molecule has 0 fully saturated rings. The van der Waals surface area contributed by atoms with E-state index in [1.165, 1.54) is 13.3 Å². The zero-order valence-corrected chi connectivity index (χ0v) is 10.5. The lowest BCUT2D eigenvalue weighted by Gasteiger charge is -2.14. The number of hydrogen-bond donors (Lipinski definition) is 1. The van der Waals surface area contributed by atoms with Gasteiger partial charge in [0.15, 0.2) is 6.04 Å². The summed E-state index contributed by atoms with van der Waals surface area (Å²) in [7, 11) is 0. The summed E-state index contributed by atoms with van der Waals surface area (Å²) in [6.45, 7) is 4.04. The van der Waals surface area contributed by atoms with Gasteiger partial charge in [-0.15, -0.1) is 0 Å².